The Morgan fingerprint density at radius 2 is 2.12 bits per heavy atom. The minimum absolute atomic E-state index is 0. The van der Waals surface area contributed by atoms with Gasteiger partial charge in [-0.1, -0.05) is 12.1 Å². The lowest BCUT2D eigenvalue weighted by atomic mass is 10.1. The summed E-state index contributed by atoms with van der Waals surface area (Å²) >= 11 is 0. The SMILES string of the molecule is Cc1ccc(CN=C(N)NC(C)C)cc1F.I. The van der Waals surface area contributed by atoms with Crippen molar-refractivity contribution in [2.45, 2.75) is 33.4 Å². The van der Waals surface area contributed by atoms with Crippen LogP contribution in [0.25, 0.3) is 0 Å². The lowest BCUT2D eigenvalue weighted by molar-refractivity contribution is 0.616. The molecule has 0 saturated heterocycles. The molecule has 0 aliphatic heterocycles. The van der Waals surface area contributed by atoms with Gasteiger partial charge in [0.1, 0.15) is 5.82 Å². The van der Waals surface area contributed by atoms with E-state index in [1.165, 1.54) is 6.07 Å². The first kappa shape index (κ1) is 16.1. The fourth-order valence-electron chi connectivity index (χ4n) is 1.25. The molecule has 3 N–H and O–H groups in total. The van der Waals surface area contributed by atoms with Gasteiger partial charge in [-0.05, 0) is 38.0 Å². The van der Waals surface area contributed by atoms with Gasteiger partial charge in [-0.2, -0.15) is 0 Å². The summed E-state index contributed by atoms with van der Waals surface area (Å²) in [6, 6.07) is 5.33. The molecule has 0 amide bonds. The van der Waals surface area contributed by atoms with E-state index in [4.69, 9.17) is 5.73 Å². The number of nitrogens with one attached hydrogen (secondary N) is 1. The second-order valence-corrected chi connectivity index (χ2v) is 4.08. The zero-order valence-electron chi connectivity index (χ0n) is 10.3. The highest BCUT2D eigenvalue weighted by atomic mass is 127. The number of aliphatic imine (C=N–C) groups is 1. The Balaban J connectivity index is 0.00000256. The fraction of sp³-hybridized carbons (Fsp3) is 0.417. The highest BCUT2D eigenvalue weighted by Gasteiger charge is 1.99. The molecule has 3 nitrogen and oxygen atoms in total. The molecule has 0 aliphatic carbocycles. The van der Waals surface area contributed by atoms with Crippen molar-refractivity contribution in [2.24, 2.45) is 10.7 Å². The Kier molecular flexibility index (Phi) is 7.10. The van der Waals surface area contributed by atoms with Crippen molar-refractivity contribution in [1.82, 2.24) is 5.32 Å². The first-order chi connectivity index (χ1) is 7.49. The van der Waals surface area contributed by atoms with Crippen molar-refractivity contribution in [3.8, 4) is 0 Å². The Morgan fingerprint density at radius 1 is 1.47 bits per heavy atom. The first-order valence-electron chi connectivity index (χ1n) is 5.30. The molecule has 0 radical (unpaired) electrons. The van der Waals surface area contributed by atoms with Crippen LogP contribution in [0.15, 0.2) is 23.2 Å². The van der Waals surface area contributed by atoms with Crippen molar-refractivity contribution >= 4 is 29.9 Å². The lowest BCUT2D eigenvalue weighted by Crippen LogP contribution is -2.36. The predicted molar refractivity (Wildman–Crippen MR) is 80.2 cm³/mol. The van der Waals surface area contributed by atoms with E-state index in [0.29, 0.717) is 18.1 Å². The van der Waals surface area contributed by atoms with Gasteiger partial charge in [-0.3, -0.25) is 0 Å². The van der Waals surface area contributed by atoms with Crippen LogP contribution in [0.5, 0.6) is 0 Å². The van der Waals surface area contributed by atoms with Gasteiger partial charge in [0.25, 0.3) is 0 Å². The average molecular weight is 351 g/mol. The van der Waals surface area contributed by atoms with Gasteiger partial charge < -0.3 is 11.1 Å². The Labute approximate surface area is 119 Å². The number of hydrogen-bond donors (Lipinski definition) is 2. The van der Waals surface area contributed by atoms with E-state index in [9.17, 15) is 4.39 Å². The summed E-state index contributed by atoms with van der Waals surface area (Å²) in [4.78, 5) is 4.12. The maximum absolute atomic E-state index is 13.2. The molecule has 0 bridgehead atoms. The van der Waals surface area contributed by atoms with E-state index in [1.807, 2.05) is 19.9 Å². The molecule has 0 saturated carbocycles. The summed E-state index contributed by atoms with van der Waals surface area (Å²) in [6.45, 7) is 6.08. The standard InChI is InChI=1S/C12H18FN3.HI/c1-8(2)16-12(14)15-7-10-5-4-9(3)11(13)6-10;/h4-6,8H,7H2,1-3H3,(H3,14,15,16);1H. The van der Waals surface area contributed by atoms with Crippen LogP contribution < -0.4 is 11.1 Å². The molecule has 0 aromatic heterocycles. The zero-order valence-corrected chi connectivity index (χ0v) is 12.7. The van der Waals surface area contributed by atoms with E-state index < -0.39 is 0 Å². The van der Waals surface area contributed by atoms with E-state index in [2.05, 4.69) is 10.3 Å². The van der Waals surface area contributed by atoms with Crippen LogP contribution in [0.2, 0.25) is 0 Å². The second-order valence-electron chi connectivity index (χ2n) is 4.08. The third-order valence-electron chi connectivity index (χ3n) is 2.10. The molecule has 1 aromatic carbocycles. The number of nitrogens with zero attached hydrogens (tertiary/aromatic N) is 1. The van der Waals surface area contributed by atoms with Crippen LogP contribution in [0.3, 0.4) is 0 Å². The molecular formula is C12H19FIN3. The van der Waals surface area contributed by atoms with Crippen LogP contribution in [-0.4, -0.2) is 12.0 Å². The number of benzene rings is 1. The largest absolute Gasteiger partial charge is 0.370 e. The van der Waals surface area contributed by atoms with Gasteiger partial charge in [-0.15, -0.1) is 24.0 Å². The van der Waals surface area contributed by atoms with Gasteiger partial charge in [0, 0.05) is 6.04 Å². The molecular weight excluding hydrogens is 332 g/mol. The highest BCUT2D eigenvalue weighted by molar-refractivity contribution is 14.0. The minimum Gasteiger partial charge on any atom is -0.370 e. The number of rotatable bonds is 3. The highest BCUT2D eigenvalue weighted by Crippen LogP contribution is 2.09. The number of hydrogen-bond acceptors (Lipinski definition) is 1. The molecule has 0 heterocycles. The summed E-state index contributed by atoms with van der Waals surface area (Å²) < 4.78 is 13.2. The van der Waals surface area contributed by atoms with E-state index in [0.717, 1.165) is 5.56 Å². The molecule has 0 aliphatic rings. The third-order valence-corrected chi connectivity index (χ3v) is 2.10. The number of nitrogens with two attached hydrogens (primary N) is 1. The van der Waals surface area contributed by atoms with Crippen molar-refractivity contribution in [1.29, 1.82) is 0 Å². The van der Waals surface area contributed by atoms with Crippen LogP contribution in [-0.2, 0) is 6.54 Å². The van der Waals surface area contributed by atoms with Crippen molar-refractivity contribution in [2.75, 3.05) is 0 Å². The third kappa shape index (κ3) is 5.86. The van der Waals surface area contributed by atoms with Crippen molar-refractivity contribution in [3.05, 3.63) is 35.1 Å². The molecule has 96 valence electrons. The number of aryl methyl sites for hydroxylation is 1. The normalized spacial score (nSPS) is 11.2. The summed E-state index contributed by atoms with van der Waals surface area (Å²) in [6.07, 6.45) is 0. The molecule has 1 rings (SSSR count). The molecule has 0 atom stereocenters. The Bertz CT molecular complexity index is 391. The van der Waals surface area contributed by atoms with Gasteiger partial charge in [0.2, 0.25) is 0 Å². The van der Waals surface area contributed by atoms with Crippen LogP contribution in [0, 0.1) is 12.7 Å². The summed E-state index contributed by atoms with van der Waals surface area (Å²) in [5.74, 6) is 0.180. The van der Waals surface area contributed by atoms with Gasteiger partial charge in [0.15, 0.2) is 5.96 Å². The van der Waals surface area contributed by atoms with Gasteiger partial charge in [-0.25, -0.2) is 9.38 Å². The first-order valence-corrected chi connectivity index (χ1v) is 5.30. The van der Waals surface area contributed by atoms with Crippen molar-refractivity contribution < 1.29 is 4.39 Å². The summed E-state index contributed by atoms with van der Waals surface area (Å²) in [5.41, 5.74) is 7.09. The maximum atomic E-state index is 13.2. The zero-order chi connectivity index (χ0) is 12.1. The molecule has 0 fully saturated rings. The van der Waals surface area contributed by atoms with E-state index in [-0.39, 0.29) is 35.8 Å². The average Bonchev–Trinajstić information content (AvgIpc) is 2.19. The topological polar surface area (TPSA) is 50.4 Å². The predicted octanol–water partition coefficient (Wildman–Crippen LogP) is 2.56. The summed E-state index contributed by atoms with van der Waals surface area (Å²) in [7, 11) is 0. The van der Waals surface area contributed by atoms with Crippen molar-refractivity contribution in [3.63, 3.8) is 0 Å². The minimum atomic E-state index is -0.205. The monoisotopic (exact) mass is 351 g/mol. The molecule has 17 heavy (non-hydrogen) atoms. The lowest BCUT2D eigenvalue weighted by Gasteiger charge is -2.08. The fourth-order valence-corrected chi connectivity index (χ4v) is 1.25. The van der Waals surface area contributed by atoms with Crippen LogP contribution in [0.1, 0.15) is 25.0 Å². The molecule has 1 aromatic rings. The number of guanidine groups is 1. The van der Waals surface area contributed by atoms with Gasteiger partial charge in [0.05, 0.1) is 6.54 Å². The molecule has 0 unspecified atom stereocenters. The molecule has 5 heteroatoms. The molecule has 0 spiro atoms. The second kappa shape index (κ2) is 7.47. The van der Waals surface area contributed by atoms with E-state index in [1.54, 1.807) is 13.0 Å². The van der Waals surface area contributed by atoms with Crippen LogP contribution >= 0.6 is 24.0 Å². The summed E-state index contributed by atoms with van der Waals surface area (Å²) in [5, 5.41) is 2.97. The number of halogens is 2. The maximum Gasteiger partial charge on any atom is 0.189 e. The Hall–Kier alpha value is -0.850. The van der Waals surface area contributed by atoms with Crippen LogP contribution in [0.4, 0.5) is 4.39 Å². The van der Waals surface area contributed by atoms with E-state index >= 15 is 0 Å². The quantitative estimate of drug-likeness (QED) is 0.500. The Morgan fingerprint density at radius 3 is 2.65 bits per heavy atom. The smallest absolute Gasteiger partial charge is 0.189 e. The van der Waals surface area contributed by atoms with Gasteiger partial charge >= 0.3 is 0 Å².